The number of carbonyl (C=O) groups excluding carboxylic acids is 1. The summed E-state index contributed by atoms with van der Waals surface area (Å²) in [5, 5.41) is 8.10. The van der Waals surface area contributed by atoms with Gasteiger partial charge in [0.1, 0.15) is 5.75 Å². The summed E-state index contributed by atoms with van der Waals surface area (Å²) in [5.74, 6) is 0.574. The van der Waals surface area contributed by atoms with Gasteiger partial charge in [0.05, 0.1) is 18.5 Å². The molecule has 23 heavy (non-hydrogen) atoms. The van der Waals surface area contributed by atoms with Crippen molar-refractivity contribution >= 4 is 18.3 Å². The maximum atomic E-state index is 12.4. The quantitative estimate of drug-likeness (QED) is 0.890. The molecule has 0 aliphatic rings. The maximum Gasteiger partial charge on any atom is 0.276 e. The lowest BCUT2D eigenvalue weighted by molar-refractivity contribution is 0.0741. The van der Waals surface area contributed by atoms with Crippen LogP contribution in [0, 0.1) is 6.92 Å². The lowest BCUT2D eigenvalue weighted by atomic mass is 10.2. The summed E-state index contributed by atoms with van der Waals surface area (Å²) in [6.45, 7) is 4.10. The van der Waals surface area contributed by atoms with E-state index in [4.69, 9.17) is 10.5 Å². The number of amides is 1. The molecule has 2 rings (SSSR count). The number of hydrogen-bond donors (Lipinski definition) is 1. The van der Waals surface area contributed by atoms with Gasteiger partial charge in [0.25, 0.3) is 5.91 Å². The van der Waals surface area contributed by atoms with Crippen molar-refractivity contribution in [2.75, 3.05) is 20.7 Å². The molecule has 0 saturated heterocycles. The highest BCUT2D eigenvalue weighted by molar-refractivity contribution is 5.93. The van der Waals surface area contributed by atoms with E-state index in [1.165, 1.54) is 0 Å². The number of nitrogens with zero attached hydrogens (tertiary/aromatic N) is 4. The van der Waals surface area contributed by atoms with Crippen molar-refractivity contribution in [1.29, 1.82) is 0 Å². The summed E-state index contributed by atoms with van der Waals surface area (Å²) >= 11 is 0. The molecule has 2 N–H and O–H groups in total. The number of ether oxygens (including phenoxy) is 1. The number of carbonyl (C=O) groups is 1. The van der Waals surface area contributed by atoms with Gasteiger partial charge in [-0.2, -0.15) is 0 Å². The number of aromatic nitrogens is 3. The number of likely N-dealkylation sites (N-methyl/N-ethyl adjacent to an activating group) is 1. The fraction of sp³-hybridized carbons (Fsp3) is 0.400. The van der Waals surface area contributed by atoms with Gasteiger partial charge in [0.15, 0.2) is 5.69 Å². The molecular weight excluding hydrogens is 318 g/mol. The van der Waals surface area contributed by atoms with Gasteiger partial charge in [-0.15, -0.1) is 17.5 Å². The standard InChI is InChI=1S/C15H21N5O2.ClH/c1-10(9-16)19(3)15(21)14-11(2)20(18-17-14)12-5-7-13(22-4)8-6-12;/h5-8,10H,9,16H2,1-4H3;1H. The number of benzene rings is 1. The smallest absolute Gasteiger partial charge is 0.276 e. The number of nitrogens with two attached hydrogens (primary N) is 1. The zero-order valence-electron chi connectivity index (χ0n) is 13.7. The van der Waals surface area contributed by atoms with Crippen LogP contribution in [0.15, 0.2) is 24.3 Å². The second-order valence-corrected chi connectivity index (χ2v) is 5.13. The van der Waals surface area contributed by atoms with Crippen LogP contribution < -0.4 is 10.5 Å². The minimum atomic E-state index is -0.185. The number of halogens is 1. The predicted octanol–water partition coefficient (Wildman–Crippen LogP) is 1.43. The Kier molecular flexibility index (Phi) is 6.53. The third-order valence-corrected chi connectivity index (χ3v) is 3.74. The molecular formula is C15H22ClN5O2. The molecule has 8 heteroatoms. The molecule has 7 nitrogen and oxygen atoms in total. The molecule has 0 fully saturated rings. The molecule has 126 valence electrons. The Hall–Kier alpha value is -2.12. The molecule has 0 saturated carbocycles. The Morgan fingerprint density at radius 3 is 2.52 bits per heavy atom. The van der Waals surface area contributed by atoms with Gasteiger partial charge in [0.2, 0.25) is 0 Å². The van der Waals surface area contributed by atoms with Crippen LogP contribution in [-0.4, -0.2) is 52.5 Å². The average molecular weight is 340 g/mol. The fourth-order valence-electron chi connectivity index (χ4n) is 2.02. The minimum Gasteiger partial charge on any atom is -0.497 e. The van der Waals surface area contributed by atoms with Crippen LogP contribution in [-0.2, 0) is 0 Å². The van der Waals surface area contributed by atoms with Crippen molar-refractivity contribution in [1.82, 2.24) is 19.9 Å². The number of methoxy groups -OCH3 is 1. The zero-order valence-corrected chi connectivity index (χ0v) is 14.5. The predicted molar refractivity (Wildman–Crippen MR) is 90.5 cm³/mol. The summed E-state index contributed by atoms with van der Waals surface area (Å²) < 4.78 is 6.76. The summed E-state index contributed by atoms with van der Waals surface area (Å²) in [6.07, 6.45) is 0. The van der Waals surface area contributed by atoms with E-state index in [-0.39, 0.29) is 24.4 Å². The summed E-state index contributed by atoms with van der Waals surface area (Å²) in [4.78, 5) is 14.0. The minimum absolute atomic E-state index is 0. The Morgan fingerprint density at radius 1 is 1.39 bits per heavy atom. The van der Waals surface area contributed by atoms with Gasteiger partial charge in [0, 0.05) is 19.6 Å². The Morgan fingerprint density at radius 2 is 2.00 bits per heavy atom. The molecule has 1 amide bonds. The number of rotatable bonds is 5. The number of hydrogen-bond acceptors (Lipinski definition) is 5. The highest BCUT2D eigenvalue weighted by Crippen LogP contribution is 2.17. The molecule has 1 atom stereocenters. The Bertz CT molecular complexity index is 656. The average Bonchev–Trinajstić information content (AvgIpc) is 2.94. The first-order valence-corrected chi connectivity index (χ1v) is 7.03. The lowest BCUT2D eigenvalue weighted by Crippen LogP contribution is -2.40. The summed E-state index contributed by atoms with van der Waals surface area (Å²) in [6, 6.07) is 7.33. The molecule has 2 aromatic rings. The third kappa shape index (κ3) is 3.80. The van der Waals surface area contributed by atoms with Gasteiger partial charge in [-0.05, 0) is 38.1 Å². The van der Waals surface area contributed by atoms with Crippen molar-refractivity contribution < 1.29 is 9.53 Å². The molecule has 0 spiro atoms. The Labute approximate surface area is 141 Å². The van der Waals surface area contributed by atoms with Crippen molar-refractivity contribution in [3.05, 3.63) is 35.7 Å². The first-order valence-electron chi connectivity index (χ1n) is 7.03. The van der Waals surface area contributed by atoms with Gasteiger partial charge < -0.3 is 15.4 Å². The maximum absolute atomic E-state index is 12.4. The van der Waals surface area contributed by atoms with Crippen molar-refractivity contribution in [3.63, 3.8) is 0 Å². The summed E-state index contributed by atoms with van der Waals surface area (Å²) in [7, 11) is 3.33. The van der Waals surface area contributed by atoms with E-state index in [0.29, 0.717) is 17.9 Å². The van der Waals surface area contributed by atoms with Crippen LogP contribution in [0.1, 0.15) is 23.1 Å². The van der Waals surface area contributed by atoms with Crippen LogP contribution in [0.2, 0.25) is 0 Å². The van der Waals surface area contributed by atoms with Crippen LogP contribution in [0.3, 0.4) is 0 Å². The van der Waals surface area contributed by atoms with E-state index in [1.54, 1.807) is 23.7 Å². The van der Waals surface area contributed by atoms with E-state index in [1.807, 2.05) is 38.1 Å². The SMILES string of the molecule is COc1ccc(-n2nnc(C(=O)N(C)C(C)CN)c2C)cc1.Cl. The van der Waals surface area contributed by atoms with E-state index in [9.17, 15) is 4.79 Å². The second kappa shape index (κ2) is 7.94. The van der Waals surface area contributed by atoms with Crippen LogP contribution in [0.4, 0.5) is 0 Å². The molecule has 0 aliphatic heterocycles. The van der Waals surface area contributed by atoms with Crippen LogP contribution in [0.25, 0.3) is 5.69 Å². The normalized spacial score (nSPS) is 11.5. The van der Waals surface area contributed by atoms with Gasteiger partial charge in [-0.3, -0.25) is 4.79 Å². The van der Waals surface area contributed by atoms with E-state index in [2.05, 4.69) is 10.3 Å². The van der Waals surface area contributed by atoms with Crippen molar-refractivity contribution in [2.45, 2.75) is 19.9 Å². The zero-order chi connectivity index (χ0) is 16.3. The molecule has 1 aromatic carbocycles. The first kappa shape index (κ1) is 18.9. The van der Waals surface area contributed by atoms with Gasteiger partial charge in [-0.25, -0.2) is 4.68 Å². The topological polar surface area (TPSA) is 86.3 Å². The van der Waals surface area contributed by atoms with Crippen molar-refractivity contribution in [3.8, 4) is 11.4 Å². The highest BCUT2D eigenvalue weighted by atomic mass is 35.5. The van der Waals surface area contributed by atoms with Crippen molar-refractivity contribution in [2.24, 2.45) is 5.73 Å². The third-order valence-electron chi connectivity index (χ3n) is 3.74. The lowest BCUT2D eigenvalue weighted by Gasteiger charge is -2.22. The van der Waals surface area contributed by atoms with Crippen LogP contribution in [0.5, 0.6) is 5.75 Å². The van der Waals surface area contributed by atoms with Gasteiger partial charge >= 0.3 is 0 Å². The largest absolute Gasteiger partial charge is 0.497 e. The molecule has 0 aliphatic carbocycles. The van der Waals surface area contributed by atoms with E-state index < -0.39 is 0 Å². The van der Waals surface area contributed by atoms with E-state index in [0.717, 1.165) is 11.4 Å². The highest BCUT2D eigenvalue weighted by Gasteiger charge is 2.23. The molecule has 1 heterocycles. The monoisotopic (exact) mass is 339 g/mol. The first-order chi connectivity index (χ1) is 10.5. The van der Waals surface area contributed by atoms with Crippen LogP contribution >= 0.6 is 12.4 Å². The van der Waals surface area contributed by atoms with E-state index >= 15 is 0 Å². The Balaban J connectivity index is 0.00000264. The fourth-order valence-corrected chi connectivity index (χ4v) is 2.02. The molecule has 0 radical (unpaired) electrons. The molecule has 0 bridgehead atoms. The molecule has 1 unspecified atom stereocenters. The molecule has 1 aromatic heterocycles. The summed E-state index contributed by atoms with van der Waals surface area (Å²) in [5.41, 5.74) is 7.44. The van der Waals surface area contributed by atoms with Gasteiger partial charge in [-0.1, -0.05) is 5.21 Å². The second-order valence-electron chi connectivity index (χ2n) is 5.13.